The molecule has 4 rings (SSSR count). The van der Waals surface area contributed by atoms with Crippen LogP contribution in [-0.4, -0.2) is 225 Å². The van der Waals surface area contributed by atoms with Crippen LogP contribution in [0.4, 0.5) is 18.0 Å². The molecule has 22 N–H and O–H groups in total. The zero-order chi connectivity index (χ0) is 83.1. The van der Waals surface area contributed by atoms with E-state index in [1.807, 2.05) is 5.32 Å². The monoisotopic (exact) mass is 1560 g/mol. The van der Waals surface area contributed by atoms with Gasteiger partial charge in [0.1, 0.15) is 60.0 Å². The normalized spacial score (nSPS) is 23.3. The van der Waals surface area contributed by atoms with E-state index in [0.717, 1.165) is 39.0 Å². The third kappa shape index (κ3) is 32.1. The van der Waals surface area contributed by atoms with Gasteiger partial charge in [-0.1, -0.05) is 141 Å². The van der Waals surface area contributed by atoms with Crippen molar-refractivity contribution in [2.24, 2.45) is 45.9 Å². The Bertz CT molecular complexity index is 3470. The number of alkyl carbamates (subject to hydrolysis) is 1. The van der Waals surface area contributed by atoms with Gasteiger partial charge in [0, 0.05) is 13.0 Å². The van der Waals surface area contributed by atoms with Crippen molar-refractivity contribution >= 4 is 89.0 Å². The molecular formula is C71H108F3N15O21. The Balaban J connectivity index is 0.00000426. The maximum atomic E-state index is 15.8. The van der Waals surface area contributed by atoms with Crippen LogP contribution in [-0.2, 0) is 78.2 Å². The molecule has 2 aromatic rings. The number of nitrogens with two attached hydrogens (primary N) is 3. The maximum Gasteiger partial charge on any atom is 0.490 e. The number of hydrogen-bond acceptors (Lipinski definition) is 21. The summed E-state index contributed by atoms with van der Waals surface area (Å²) in [5, 5.41) is 78.8. The number of hydrogen-bond donors (Lipinski definition) is 19. The lowest BCUT2D eigenvalue weighted by molar-refractivity contribution is -0.192. The fourth-order valence-corrected chi connectivity index (χ4v) is 11.4. The summed E-state index contributed by atoms with van der Waals surface area (Å²) >= 11 is 0. The number of aliphatic hydroxyl groups is 4. The molecule has 2 aromatic carbocycles. The van der Waals surface area contributed by atoms with Crippen molar-refractivity contribution in [2.45, 2.75) is 236 Å². The van der Waals surface area contributed by atoms with Crippen LogP contribution < -0.4 is 75.7 Å². The van der Waals surface area contributed by atoms with E-state index < -0.39 is 211 Å². The Morgan fingerprint density at radius 2 is 1.18 bits per heavy atom. The number of esters is 1. The lowest BCUT2D eigenvalue weighted by Gasteiger charge is -2.34. The van der Waals surface area contributed by atoms with Crippen LogP contribution in [0.3, 0.4) is 0 Å². The molecule has 0 aromatic heterocycles. The van der Waals surface area contributed by atoms with Crippen molar-refractivity contribution in [3.63, 3.8) is 0 Å². The fraction of sp³-hybridized carbons (Fsp3) is 0.620. The maximum absolute atomic E-state index is 15.8. The van der Waals surface area contributed by atoms with Crippen molar-refractivity contribution in [2.75, 3.05) is 19.7 Å². The van der Waals surface area contributed by atoms with E-state index in [0.29, 0.717) is 5.56 Å². The fourth-order valence-electron chi connectivity index (χ4n) is 11.4. The Kier molecular flexibility index (Phi) is 38.4. The number of rotatable bonds is 24. The molecule has 39 heteroatoms. The number of nitrogens with zero attached hydrogens (tertiary/aromatic N) is 1. The molecule has 1 aliphatic carbocycles. The minimum atomic E-state index is -5.08. The van der Waals surface area contributed by atoms with Gasteiger partial charge in [-0.2, -0.15) is 13.2 Å². The molecule has 2 fully saturated rings. The van der Waals surface area contributed by atoms with Gasteiger partial charge in [-0.15, -0.1) is 0 Å². The number of guanidine groups is 1. The Morgan fingerprint density at radius 3 is 1.71 bits per heavy atom. The molecule has 1 heterocycles. The molecule has 0 radical (unpaired) electrons. The van der Waals surface area contributed by atoms with Crippen LogP contribution >= 0.6 is 0 Å². The van der Waals surface area contributed by atoms with Gasteiger partial charge in [-0.3, -0.25) is 57.7 Å². The molecular weight excluding hydrogens is 1460 g/mol. The summed E-state index contributed by atoms with van der Waals surface area (Å²) < 4.78 is 43.3. The van der Waals surface area contributed by atoms with Crippen LogP contribution in [0.5, 0.6) is 0 Å². The summed E-state index contributed by atoms with van der Waals surface area (Å²) in [6, 6.07) is -3.31. The summed E-state index contributed by atoms with van der Waals surface area (Å²) in [6.45, 7) is 13.0. The van der Waals surface area contributed by atoms with Gasteiger partial charge >= 0.3 is 24.2 Å². The number of alkyl halides is 3. The van der Waals surface area contributed by atoms with Gasteiger partial charge in [0.2, 0.25) is 65.0 Å². The number of nitrogens with one attached hydrogen (secondary N) is 11. The molecule has 0 bridgehead atoms. The highest BCUT2D eigenvalue weighted by Crippen LogP contribution is 2.29. The first kappa shape index (κ1) is 93.9. The van der Waals surface area contributed by atoms with Crippen LogP contribution in [0.25, 0.3) is 0 Å². The third-order valence-electron chi connectivity index (χ3n) is 17.5. The molecule has 15 atom stereocenters. The van der Waals surface area contributed by atoms with E-state index in [2.05, 4.69) is 58.2 Å². The smallest absolute Gasteiger partial charge is 0.475 e. The highest BCUT2D eigenvalue weighted by molar-refractivity contribution is 6.00. The number of aliphatic hydroxyl groups excluding tert-OH is 4. The van der Waals surface area contributed by atoms with Crippen LogP contribution in [0.1, 0.15) is 151 Å². The zero-order valence-electron chi connectivity index (χ0n) is 63.1. The topological polar surface area (TPSA) is 581 Å². The number of ether oxygens (including phenoxy) is 2. The van der Waals surface area contributed by atoms with E-state index in [9.17, 15) is 81.5 Å². The van der Waals surface area contributed by atoms with Crippen LogP contribution in [0.2, 0.25) is 0 Å². The molecule has 1 saturated carbocycles. The molecule has 12 amide bonds. The average Bonchev–Trinajstić information content (AvgIpc) is 0.810. The Morgan fingerprint density at radius 1 is 0.645 bits per heavy atom. The highest BCUT2D eigenvalue weighted by atomic mass is 19.4. The first-order valence-corrected chi connectivity index (χ1v) is 36.0. The molecule has 0 unspecified atom stereocenters. The predicted molar refractivity (Wildman–Crippen MR) is 387 cm³/mol. The number of amides is 12. The first-order valence-electron chi connectivity index (χ1n) is 36.0. The van der Waals surface area contributed by atoms with Crippen molar-refractivity contribution < 1.29 is 115 Å². The second-order valence-corrected chi connectivity index (χ2v) is 28.6. The number of aliphatic imine (C=N–C) groups is 1. The molecule has 1 saturated heterocycles. The quantitative estimate of drug-likeness (QED) is 0.0231. The van der Waals surface area contributed by atoms with E-state index in [4.69, 9.17) is 36.6 Å². The lowest BCUT2D eigenvalue weighted by Crippen LogP contribution is -2.64. The number of carbonyl (C=O) groups excluding carboxylic acids is 13. The second-order valence-electron chi connectivity index (χ2n) is 28.6. The van der Waals surface area contributed by atoms with Gasteiger partial charge in [-0.25, -0.2) is 14.4 Å². The van der Waals surface area contributed by atoms with Crippen LogP contribution in [0.15, 0.2) is 65.7 Å². The van der Waals surface area contributed by atoms with Gasteiger partial charge < -0.3 is 111 Å². The van der Waals surface area contributed by atoms with E-state index in [1.54, 1.807) is 78.8 Å². The van der Waals surface area contributed by atoms with Gasteiger partial charge in [0.15, 0.2) is 24.2 Å². The second kappa shape index (κ2) is 45.0. The number of carboxylic acids is 1. The molecule has 0 spiro atoms. The summed E-state index contributed by atoms with van der Waals surface area (Å²) in [5.74, 6) is -20.2. The van der Waals surface area contributed by atoms with Gasteiger partial charge in [0.05, 0.1) is 25.4 Å². The molecule has 1 aliphatic heterocycles. The number of carbonyl (C=O) groups is 14. The molecule has 36 nitrogen and oxygen atoms in total. The Hall–Kier alpha value is -10.3. The molecule has 2 aliphatic rings. The number of benzene rings is 2. The van der Waals surface area contributed by atoms with E-state index in [1.165, 1.54) is 44.2 Å². The van der Waals surface area contributed by atoms with Gasteiger partial charge in [0.25, 0.3) is 0 Å². The van der Waals surface area contributed by atoms with Gasteiger partial charge in [-0.05, 0) is 88.2 Å². The molecule has 110 heavy (non-hydrogen) atoms. The first-order chi connectivity index (χ1) is 51.4. The number of primary amides is 1. The summed E-state index contributed by atoms with van der Waals surface area (Å²) in [4.78, 5) is 200. The highest BCUT2D eigenvalue weighted by Gasteiger charge is 2.45. The summed E-state index contributed by atoms with van der Waals surface area (Å²) in [6.07, 6.45) is -10.5. The largest absolute Gasteiger partial charge is 0.490 e. The van der Waals surface area contributed by atoms with Crippen molar-refractivity contribution in [3.8, 4) is 0 Å². The minimum Gasteiger partial charge on any atom is -0.475 e. The number of halogens is 3. The molecule has 614 valence electrons. The Labute approximate surface area is 634 Å². The summed E-state index contributed by atoms with van der Waals surface area (Å²) in [5.41, 5.74) is 15.9. The van der Waals surface area contributed by atoms with Crippen molar-refractivity contribution in [1.29, 1.82) is 0 Å². The number of aliphatic carboxylic acids is 1. The average molecular weight is 1560 g/mol. The predicted octanol–water partition coefficient (Wildman–Crippen LogP) is -2.11. The van der Waals surface area contributed by atoms with E-state index >= 15 is 14.4 Å². The van der Waals surface area contributed by atoms with E-state index in [-0.39, 0.29) is 62.5 Å². The SMILES string of the molecule is CC[C@H](C)[C@@H]1NC(=O)[C@@H](CCCN=C(N)N)NC(=O)[C@H](CC(C)C)NC(=O)[C@H]([C@H](O)C(C)C)NC(=O)[C@@H](NC(=O)[C@H](Cc2ccccc2)NC(=O)[C@H](CC2CCCCC2)NC(=O)OC(C)(C)C)[C@@H](c2ccccc2)OC(=O)[C@H](CO)NC(=O)[C@H]([C@H](O)C(N)=O)NC(=O)CNC(=O)[C@H]([C@H](C)O)NC1=O.O=C(O)C(F)(F)F. The van der Waals surface area contributed by atoms with Crippen molar-refractivity contribution in [1.82, 2.24) is 58.5 Å². The number of carboxylic acid groups (broad SMARTS) is 1. The third-order valence-corrected chi connectivity index (χ3v) is 17.5. The summed E-state index contributed by atoms with van der Waals surface area (Å²) in [7, 11) is 0. The van der Waals surface area contributed by atoms with Crippen LogP contribution in [0, 0.1) is 23.7 Å². The lowest BCUT2D eigenvalue weighted by atomic mass is 9.84. The number of cyclic esters (lactones) is 1. The standard InChI is InChI=1S/C69H107N15O19.C2HF3O2/c1-11-37(6)48-62(96)82-49(38(7)86)61(95)74-33-47(87)80-51(54(89)56(70)90)64(98)78-46(34-85)66(100)102-55(41-26-19-14-20-27-41)52(65(99)83-50(53(88)36(4)5)63(97)77-43(30-35(2)3)58(92)75-42(57(91)81-48)28-21-29-73-67(71)72)84-60(94)44(31-39-22-15-12-16-23-39)76-59(93)45(32-40-24-17-13-18-25-40)79-68(101)103-69(8,9)10;3-2(4,5)1(6)7/h12,14-16,19-20,22-23,26-27,35-38,40,42-46,48-55,85-86,88-89H,11,13,17-18,21,24-25,28-34H2,1-10H3,(H2,70,90)(H,74,95)(H,75,92)(H,76,93)(H,77,97)(H,78,98)(H,79,101)(H,80,87)(H,81,91)(H,82,96)(H,83,99)(H,84,94)(H4,71,72,73);(H,6,7)/t37-,38-,42+,43-,44-,45-,46-,48-,49-,50-,51-,52-,53+,54-,55+;/m0./s1. The minimum absolute atomic E-state index is 0.0282. The zero-order valence-corrected chi connectivity index (χ0v) is 63.1. The van der Waals surface area contributed by atoms with Crippen molar-refractivity contribution in [3.05, 3.63) is 71.8 Å².